The molecule has 0 spiro atoms. The minimum absolute atomic E-state index is 0.0368. The van der Waals surface area contributed by atoms with Gasteiger partial charge in [0.1, 0.15) is 5.69 Å². The number of nitrogens with one attached hydrogen (secondary N) is 1. The molecule has 0 radical (unpaired) electrons. The van der Waals surface area contributed by atoms with Gasteiger partial charge < -0.3 is 10.1 Å². The summed E-state index contributed by atoms with van der Waals surface area (Å²) in [5.41, 5.74) is 1.96. The quantitative estimate of drug-likeness (QED) is 0.913. The molecule has 2 rings (SSSR count). The number of carbonyl (C=O) groups is 1. The fourth-order valence-electron chi connectivity index (χ4n) is 1.20. The van der Waals surface area contributed by atoms with Crippen molar-refractivity contribution >= 4 is 23.1 Å². The summed E-state index contributed by atoms with van der Waals surface area (Å²) in [5.74, 6) is 0.490. The molecule has 0 aliphatic heterocycles. The SMILES string of the molecule is CC(C)Oc1ccc(NC(=O)c2cscn2)nn1. The number of ether oxygens (including phenoxy) is 1. The molecule has 2 heterocycles. The number of carbonyl (C=O) groups excluding carboxylic acids is 1. The van der Waals surface area contributed by atoms with Crippen LogP contribution in [-0.4, -0.2) is 27.2 Å². The fraction of sp³-hybridized carbons (Fsp3) is 0.273. The summed E-state index contributed by atoms with van der Waals surface area (Å²) in [5, 5.41) is 12.0. The molecule has 7 heteroatoms. The minimum atomic E-state index is -0.303. The summed E-state index contributed by atoms with van der Waals surface area (Å²) < 4.78 is 5.35. The van der Waals surface area contributed by atoms with E-state index in [0.29, 0.717) is 17.4 Å². The van der Waals surface area contributed by atoms with E-state index >= 15 is 0 Å². The van der Waals surface area contributed by atoms with E-state index in [9.17, 15) is 4.79 Å². The Balaban J connectivity index is 2.00. The lowest BCUT2D eigenvalue weighted by atomic mass is 10.4. The Labute approximate surface area is 108 Å². The van der Waals surface area contributed by atoms with Gasteiger partial charge in [0.25, 0.3) is 5.91 Å². The summed E-state index contributed by atoms with van der Waals surface area (Å²) >= 11 is 1.36. The molecule has 0 atom stereocenters. The number of hydrogen-bond acceptors (Lipinski definition) is 6. The van der Waals surface area contributed by atoms with E-state index in [2.05, 4.69) is 20.5 Å². The van der Waals surface area contributed by atoms with Crippen LogP contribution in [0.1, 0.15) is 24.3 Å². The summed E-state index contributed by atoms with van der Waals surface area (Å²) in [6, 6.07) is 3.29. The number of hydrogen-bond donors (Lipinski definition) is 1. The number of anilines is 1. The highest BCUT2D eigenvalue weighted by Crippen LogP contribution is 2.11. The molecule has 0 fully saturated rings. The Morgan fingerprint density at radius 3 is 2.78 bits per heavy atom. The predicted octanol–water partition coefficient (Wildman–Crippen LogP) is 1.97. The van der Waals surface area contributed by atoms with Crippen molar-refractivity contribution in [2.24, 2.45) is 0 Å². The largest absolute Gasteiger partial charge is 0.474 e. The predicted molar refractivity (Wildman–Crippen MR) is 67.9 cm³/mol. The smallest absolute Gasteiger partial charge is 0.276 e. The molecular weight excluding hydrogens is 252 g/mol. The topological polar surface area (TPSA) is 77.0 Å². The first kappa shape index (κ1) is 12.4. The van der Waals surface area contributed by atoms with Crippen LogP contribution in [0.4, 0.5) is 5.82 Å². The van der Waals surface area contributed by atoms with Crippen LogP contribution in [0.15, 0.2) is 23.0 Å². The average molecular weight is 264 g/mol. The Hall–Kier alpha value is -2.02. The van der Waals surface area contributed by atoms with Crippen LogP contribution in [0.5, 0.6) is 5.88 Å². The first-order valence-corrected chi connectivity index (χ1v) is 6.29. The molecule has 0 unspecified atom stereocenters. The number of aromatic nitrogens is 3. The minimum Gasteiger partial charge on any atom is -0.474 e. The molecule has 1 N–H and O–H groups in total. The van der Waals surface area contributed by atoms with Gasteiger partial charge in [-0.2, -0.15) is 0 Å². The third kappa shape index (κ3) is 3.24. The normalized spacial score (nSPS) is 10.4. The van der Waals surface area contributed by atoms with Gasteiger partial charge in [-0.05, 0) is 19.9 Å². The van der Waals surface area contributed by atoms with Gasteiger partial charge in [0.15, 0.2) is 5.82 Å². The summed E-state index contributed by atoms with van der Waals surface area (Å²) in [7, 11) is 0. The zero-order valence-corrected chi connectivity index (χ0v) is 10.8. The monoisotopic (exact) mass is 264 g/mol. The Morgan fingerprint density at radius 1 is 1.39 bits per heavy atom. The highest BCUT2D eigenvalue weighted by molar-refractivity contribution is 7.07. The standard InChI is InChI=1S/C11H12N4O2S/c1-7(2)17-10-4-3-9(14-15-10)13-11(16)8-5-18-6-12-8/h3-7H,1-2H3,(H,13,14,16). The van der Waals surface area contributed by atoms with Crippen LogP contribution < -0.4 is 10.1 Å². The Bertz CT molecular complexity index is 510. The van der Waals surface area contributed by atoms with E-state index in [1.165, 1.54) is 11.3 Å². The van der Waals surface area contributed by atoms with Gasteiger partial charge in [-0.25, -0.2) is 4.98 Å². The van der Waals surface area contributed by atoms with Crippen LogP contribution in [0, 0.1) is 0 Å². The van der Waals surface area contributed by atoms with Gasteiger partial charge in [-0.15, -0.1) is 21.5 Å². The molecule has 18 heavy (non-hydrogen) atoms. The van der Waals surface area contributed by atoms with Crippen LogP contribution in [0.25, 0.3) is 0 Å². The van der Waals surface area contributed by atoms with Gasteiger partial charge in [-0.3, -0.25) is 4.79 Å². The van der Waals surface area contributed by atoms with E-state index in [0.717, 1.165) is 0 Å². The van der Waals surface area contributed by atoms with Gasteiger partial charge >= 0.3 is 0 Å². The number of nitrogens with zero attached hydrogens (tertiary/aromatic N) is 3. The van der Waals surface area contributed by atoms with Crippen molar-refractivity contribution in [3.63, 3.8) is 0 Å². The van der Waals surface area contributed by atoms with Gasteiger partial charge in [0, 0.05) is 11.4 Å². The second-order valence-corrected chi connectivity index (χ2v) is 4.47. The molecule has 0 saturated heterocycles. The third-order valence-electron chi connectivity index (χ3n) is 1.90. The van der Waals surface area contributed by atoms with Crippen molar-refractivity contribution < 1.29 is 9.53 Å². The van der Waals surface area contributed by atoms with Crippen molar-refractivity contribution in [3.8, 4) is 5.88 Å². The maximum atomic E-state index is 11.7. The molecule has 1 amide bonds. The van der Waals surface area contributed by atoms with E-state index in [4.69, 9.17) is 4.74 Å². The van der Waals surface area contributed by atoms with E-state index in [1.807, 2.05) is 13.8 Å². The van der Waals surface area contributed by atoms with Crippen molar-refractivity contribution in [2.45, 2.75) is 20.0 Å². The molecule has 0 aromatic carbocycles. The van der Waals surface area contributed by atoms with Crippen LogP contribution in [-0.2, 0) is 0 Å². The van der Waals surface area contributed by atoms with Gasteiger partial charge in [-0.1, -0.05) is 0 Å². The van der Waals surface area contributed by atoms with Crippen LogP contribution in [0.3, 0.4) is 0 Å². The maximum absolute atomic E-state index is 11.7. The Kier molecular flexibility index (Phi) is 3.83. The summed E-state index contributed by atoms with van der Waals surface area (Å²) in [6.45, 7) is 3.80. The number of thiazole rings is 1. The third-order valence-corrected chi connectivity index (χ3v) is 2.49. The van der Waals surface area contributed by atoms with E-state index < -0.39 is 0 Å². The highest BCUT2D eigenvalue weighted by atomic mass is 32.1. The second-order valence-electron chi connectivity index (χ2n) is 3.75. The molecule has 94 valence electrons. The average Bonchev–Trinajstić information content (AvgIpc) is 2.84. The summed E-state index contributed by atoms with van der Waals surface area (Å²) in [4.78, 5) is 15.6. The lowest BCUT2D eigenvalue weighted by molar-refractivity contribution is 0.102. The van der Waals surface area contributed by atoms with Crippen LogP contribution in [0.2, 0.25) is 0 Å². The van der Waals surface area contributed by atoms with Crippen molar-refractivity contribution in [2.75, 3.05) is 5.32 Å². The van der Waals surface area contributed by atoms with E-state index in [1.54, 1.807) is 23.0 Å². The first-order chi connectivity index (χ1) is 8.65. The van der Waals surface area contributed by atoms with Crippen LogP contribution >= 0.6 is 11.3 Å². The lowest BCUT2D eigenvalue weighted by Crippen LogP contribution is -2.14. The molecule has 0 aliphatic rings. The maximum Gasteiger partial charge on any atom is 0.276 e. The molecular formula is C11H12N4O2S. The van der Waals surface area contributed by atoms with Gasteiger partial charge in [0.2, 0.25) is 5.88 Å². The lowest BCUT2D eigenvalue weighted by Gasteiger charge is -2.08. The molecule has 2 aromatic heterocycles. The summed E-state index contributed by atoms with van der Waals surface area (Å²) in [6.07, 6.45) is 0.0368. The number of amides is 1. The van der Waals surface area contributed by atoms with Crippen molar-refractivity contribution in [3.05, 3.63) is 28.7 Å². The molecule has 6 nitrogen and oxygen atoms in total. The molecule has 0 bridgehead atoms. The number of rotatable bonds is 4. The van der Waals surface area contributed by atoms with Gasteiger partial charge in [0.05, 0.1) is 11.6 Å². The zero-order chi connectivity index (χ0) is 13.0. The van der Waals surface area contributed by atoms with Crippen molar-refractivity contribution in [1.82, 2.24) is 15.2 Å². The zero-order valence-electron chi connectivity index (χ0n) is 9.95. The van der Waals surface area contributed by atoms with E-state index in [-0.39, 0.29) is 12.0 Å². The highest BCUT2D eigenvalue weighted by Gasteiger charge is 2.09. The molecule has 2 aromatic rings. The van der Waals surface area contributed by atoms with Crippen molar-refractivity contribution in [1.29, 1.82) is 0 Å². The Morgan fingerprint density at radius 2 is 2.22 bits per heavy atom. The molecule has 0 aliphatic carbocycles. The molecule has 0 saturated carbocycles. The first-order valence-electron chi connectivity index (χ1n) is 5.35. The second kappa shape index (κ2) is 5.54. The fourth-order valence-corrected chi connectivity index (χ4v) is 1.73.